The van der Waals surface area contributed by atoms with Gasteiger partial charge in [0.2, 0.25) is 11.8 Å². The molecule has 2 amide bonds. The number of anilines is 1. The van der Waals surface area contributed by atoms with Gasteiger partial charge in [0.25, 0.3) is 0 Å². The van der Waals surface area contributed by atoms with E-state index in [1.165, 1.54) is 0 Å². The number of amides is 2. The number of benzene rings is 1. The highest BCUT2D eigenvalue weighted by Crippen LogP contribution is 2.27. The molecule has 6 heteroatoms. The fourth-order valence-electron chi connectivity index (χ4n) is 2.57. The molecule has 1 heterocycles. The molecule has 0 aliphatic carbocycles. The Bertz CT molecular complexity index is 561. The SMILES string of the molecule is CC(C)C(C(=O)Nc1cc(Cl)ccc1Cl)N1CCCC1=O. The predicted molar refractivity (Wildman–Crippen MR) is 84.7 cm³/mol. The highest BCUT2D eigenvalue weighted by Gasteiger charge is 2.35. The van der Waals surface area contributed by atoms with Crippen molar-refractivity contribution in [1.82, 2.24) is 4.90 Å². The number of carbonyl (C=O) groups is 2. The summed E-state index contributed by atoms with van der Waals surface area (Å²) >= 11 is 12.0. The van der Waals surface area contributed by atoms with Crippen LogP contribution in [0.1, 0.15) is 26.7 Å². The molecule has 0 spiro atoms. The van der Waals surface area contributed by atoms with Gasteiger partial charge in [0.1, 0.15) is 6.04 Å². The van der Waals surface area contributed by atoms with Gasteiger partial charge in [-0.1, -0.05) is 37.0 Å². The van der Waals surface area contributed by atoms with E-state index in [4.69, 9.17) is 23.2 Å². The summed E-state index contributed by atoms with van der Waals surface area (Å²) in [6.45, 7) is 4.48. The summed E-state index contributed by atoms with van der Waals surface area (Å²) in [6.07, 6.45) is 1.31. The Labute approximate surface area is 134 Å². The van der Waals surface area contributed by atoms with Crippen molar-refractivity contribution < 1.29 is 9.59 Å². The molecule has 0 saturated carbocycles. The van der Waals surface area contributed by atoms with Crippen LogP contribution in [0.3, 0.4) is 0 Å². The van der Waals surface area contributed by atoms with Gasteiger partial charge in [-0.25, -0.2) is 0 Å². The molecular weight excluding hydrogens is 311 g/mol. The molecule has 1 aromatic carbocycles. The standard InChI is InChI=1S/C15H18Cl2N2O2/c1-9(2)14(19-7-3-4-13(19)20)15(21)18-12-8-10(16)5-6-11(12)17/h5-6,8-9,14H,3-4,7H2,1-2H3,(H,18,21). The largest absolute Gasteiger partial charge is 0.330 e. The van der Waals surface area contributed by atoms with Gasteiger partial charge in [0.15, 0.2) is 0 Å². The van der Waals surface area contributed by atoms with Gasteiger partial charge in [-0.05, 0) is 30.5 Å². The summed E-state index contributed by atoms with van der Waals surface area (Å²) in [5, 5.41) is 3.69. The van der Waals surface area contributed by atoms with E-state index >= 15 is 0 Å². The first-order valence-corrected chi connectivity index (χ1v) is 7.71. The maximum Gasteiger partial charge on any atom is 0.247 e. The van der Waals surface area contributed by atoms with Gasteiger partial charge >= 0.3 is 0 Å². The van der Waals surface area contributed by atoms with Crippen molar-refractivity contribution in [2.24, 2.45) is 5.92 Å². The number of halogens is 2. The van der Waals surface area contributed by atoms with Gasteiger partial charge in [0.05, 0.1) is 10.7 Å². The lowest BCUT2D eigenvalue weighted by Crippen LogP contribution is -2.48. The molecule has 21 heavy (non-hydrogen) atoms. The fraction of sp³-hybridized carbons (Fsp3) is 0.467. The van der Waals surface area contributed by atoms with E-state index in [2.05, 4.69) is 5.32 Å². The topological polar surface area (TPSA) is 49.4 Å². The molecule has 1 N–H and O–H groups in total. The van der Waals surface area contributed by atoms with Gasteiger partial charge in [-0.15, -0.1) is 0 Å². The second-order valence-corrected chi connectivity index (χ2v) is 6.34. The summed E-state index contributed by atoms with van der Waals surface area (Å²) in [4.78, 5) is 26.1. The van der Waals surface area contributed by atoms with Crippen LogP contribution in [-0.4, -0.2) is 29.3 Å². The van der Waals surface area contributed by atoms with E-state index in [0.717, 1.165) is 6.42 Å². The van der Waals surface area contributed by atoms with Crippen molar-refractivity contribution >= 4 is 40.7 Å². The zero-order chi connectivity index (χ0) is 15.6. The average Bonchev–Trinajstić information content (AvgIpc) is 2.80. The third-order valence-corrected chi connectivity index (χ3v) is 4.10. The van der Waals surface area contributed by atoms with Crippen LogP contribution < -0.4 is 5.32 Å². The monoisotopic (exact) mass is 328 g/mol. The number of nitrogens with zero attached hydrogens (tertiary/aromatic N) is 1. The second-order valence-electron chi connectivity index (χ2n) is 5.49. The minimum Gasteiger partial charge on any atom is -0.330 e. The zero-order valence-corrected chi connectivity index (χ0v) is 13.5. The first kappa shape index (κ1) is 16.1. The number of hydrogen-bond donors (Lipinski definition) is 1. The van der Waals surface area contributed by atoms with Crippen molar-refractivity contribution in [3.8, 4) is 0 Å². The van der Waals surface area contributed by atoms with Crippen molar-refractivity contribution in [2.45, 2.75) is 32.7 Å². The molecule has 1 saturated heterocycles. The Morgan fingerprint density at radius 2 is 2.05 bits per heavy atom. The van der Waals surface area contributed by atoms with Crippen LogP contribution in [0.2, 0.25) is 10.0 Å². The second kappa shape index (κ2) is 6.67. The number of hydrogen-bond acceptors (Lipinski definition) is 2. The molecule has 1 fully saturated rings. The minimum atomic E-state index is -0.491. The normalized spacial score (nSPS) is 16.4. The maximum atomic E-state index is 12.5. The molecule has 1 aliphatic heterocycles. The molecule has 0 bridgehead atoms. The molecule has 114 valence electrons. The molecule has 2 rings (SSSR count). The molecular formula is C15H18Cl2N2O2. The lowest BCUT2D eigenvalue weighted by molar-refractivity contribution is -0.136. The van der Waals surface area contributed by atoms with Crippen LogP contribution in [-0.2, 0) is 9.59 Å². The van der Waals surface area contributed by atoms with Crippen molar-refractivity contribution in [3.63, 3.8) is 0 Å². The smallest absolute Gasteiger partial charge is 0.247 e. The van der Waals surface area contributed by atoms with Crippen LogP contribution in [0.25, 0.3) is 0 Å². The van der Waals surface area contributed by atoms with Gasteiger partial charge in [-0.2, -0.15) is 0 Å². The van der Waals surface area contributed by atoms with Gasteiger partial charge < -0.3 is 10.2 Å². The van der Waals surface area contributed by atoms with Crippen LogP contribution in [0.4, 0.5) is 5.69 Å². The highest BCUT2D eigenvalue weighted by molar-refractivity contribution is 6.35. The van der Waals surface area contributed by atoms with Crippen LogP contribution in [0, 0.1) is 5.92 Å². The van der Waals surface area contributed by atoms with E-state index in [-0.39, 0.29) is 17.7 Å². The first-order valence-electron chi connectivity index (χ1n) is 6.95. The quantitative estimate of drug-likeness (QED) is 0.918. The van der Waals surface area contributed by atoms with Crippen molar-refractivity contribution in [3.05, 3.63) is 28.2 Å². The summed E-state index contributed by atoms with van der Waals surface area (Å²) < 4.78 is 0. The molecule has 1 unspecified atom stereocenters. The van der Waals surface area contributed by atoms with E-state index in [9.17, 15) is 9.59 Å². The van der Waals surface area contributed by atoms with E-state index in [1.807, 2.05) is 13.8 Å². The van der Waals surface area contributed by atoms with Crippen LogP contribution in [0.15, 0.2) is 18.2 Å². The summed E-state index contributed by atoms with van der Waals surface area (Å²) in [6, 6.07) is 4.40. The van der Waals surface area contributed by atoms with Crippen LogP contribution >= 0.6 is 23.2 Å². The summed E-state index contributed by atoms with van der Waals surface area (Å²) in [5.74, 6) is -0.185. The lowest BCUT2D eigenvalue weighted by atomic mass is 10.0. The Morgan fingerprint density at radius 1 is 1.33 bits per heavy atom. The molecule has 1 aliphatic rings. The molecule has 1 atom stereocenters. The lowest BCUT2D eigenvalue weighted by Gasteiger charge is -2.30. The molecule has 0 aromatic heterocycles. The van der Waals surface area contributed by atoms with E-state index in [0.29, 0.717) is 28.7 Å². The first-order chi connectivity index (χ1) is 9.90. The molecule has 1 aromatic rings. The Morgan fingerprint density at radius 3 is 2.62 bits per heavy atom. The van der Waals surface area contributed by atoms with Crippen LogP contribution in [0.5, 0.6) is 0 Å². The zero-order valence-electron chi connectivity index (χ0n) is 12.0. The maximum absolute atomic E-state index is 12.5. The Hall–Kier alpha value is -1.26. The number of likely N-dealkylation sites (tertiary alicyclic amines) is 1. The number of carbonyl (C=O) groups excluding carboxylic acids is 2. The summed E-state index contributed by atoms with van der Waals surface area (Å²) in [7, 11) is 0. The Balaban J connectivity index is 2.19. The number of rotatable bonds is 4. The minimum absolute atomic E-state index is 0.0185. The van der Waals surface area contributed by atoms with Gasteiger partial charge in [-0.3, -0.25) is 9.59 Å². The molecule has 4 nitrogen and oxygen atoms in total. The highest BCUT2D eigenvalue weighted by atomic mass is 35.5. The fourth-order valence-corrected chi connectivity index (χ4v) is 2.90. The molecule has 0 radical (unpaired) electrons. The summed E-state index contributed by atoms with van der Waals surface area (Å²) in [5.41, 5.74) is 0.464. The van der Waals surface area contributed by atoms with E-state index in [1.54, 1.807) is 23.1 Å². The predicted octanol–water partition coefficient (Wildman–Crippen LogP) is 3.58. The third kappa shape index (κ3) is 3.69. The number of nitrogens with one attached hydrogen (secondary N) is 1. The average molecular weight is 329 g/mol. The van der Waals surface area contributed by atoms with E-state index < -0.39 is 6.04 Å². The van der Waals surface area contributed by atoms with Crippen molar-refractivity contribution in [1.29, 1.82) is 0 Å². The van der Waals surface area contributed by atoms with Gasteiger partial charge in [0, 0.05) is 18.0 Å². The third-order valence-electron chi connectivity index (χ3n) is 3.53. The van der Waals surface area contributed by atoms with Crippen molar-refractivity contribution in [2.75, 3.05) is 11.9 Å². The Kier molecular flexibility index (Phi) is 5.12.